The van der Waals surface area contributed by atoms with Crippen LogP contribution in [0.1, 0.15) is 52.4 Å². The van der Waals surface area contributed by atoms with Gasteiger partial charge in [0.2, 0.25) is 10.0 Å². The van der Waals surface area contributed by atoms with Crippen molar-refractivity contribution in [3.8, 4) is 0 Å². The number of guanidine groups is 1. The van der Waals surface area contributed by atoms with Crippen LogP contribution in [-0.4, -0.2) is 69.8 Å². The van der Waals surface area contributed by atoms with Gasteiger partial charge in [-0.3, -0.25) is 4.99 Å². The van der Waals surface area contributed by atoms with Crippen molar-refractivity contribution in [3.05, 3.63) is 0 Å². The molecule has 0 radical (unpaired) electrons. The predicted molar refractivity (Wildman–Crippen MR) is 103 cm³/mol. The SMILES string of the molecule is CN=C(NCC(C)(C)NS(C)(=O)=O)NC1CCN(C2CCCC2)CC1. The van der Waals surface area contributed by atoms with Crippen molar-refractivity contribution in [1.82, 2.24) is 20.3 Å². The summed E-state index contributed by atoms with van der Waals surface area (Å²) in [7, 11) is -1.48. The smallest absolute Gasteiger partial charge is 0.209 e. The van der Waals surface area contributed by atoms with Gasteiger partial charge in [-0.2, -0.15) is 0 Å². The second-order valence-electron chi connectivity index (χ2n) is 8.08. The number of nitrogens with zero attached hydrogens (tertiary/aromatic N) is 2. The first-order chi connectivity index (χ1) is 11.7. The van der Waals surface area contributed by atoms with Gasteiger partial charge in [-0.05, 0) is 39.5 Å². The summed E-state index contributed by atoms with van der Waals surface area (Å²) in [5, 5.41) is 6.73. The van der Waals surface area contributed by atoms with Crippen molar-refractivity contribution < 1.29 is 8.42 Å². The quantitative estimate of drug-likeness (QED) is 0.475. The monoisotopic (exact) mass is 373 g/mol. The Hall–Kier alpha value is -0.860. The molecule has 2 rings (SSSR count). The molecule has 0 aromatic carbocycles. The Kier molecular flexibility index (Phi) is 7.10. The van der Waals surface area contributed by atoms with Crippen molar-refractivity contribution in [2.45, 2.75) is 70.0 Å². The third-order valence-corrected chi connectivity index (χ3v) is 6.02. The lowest BCUT2D eigenvalue weighted by Crippen LogP contribution is -2.55. The van der Waals surface area contributed by atoms with Gasteiger partial charge >= 0.3 is 0 Å². The van der Waals surface area contributed by atoms with Crippen LogP contribution in [0.4, 0.5) is 0 Å². The number of piperidine rings is 1. The molecule has 8 heteroatoms. The third kappa shape index (κ3) is 7.11. The fraction of sp³-hybridized carbons (Fsp3) is 0.941. The van der Waals surface area contributed by atoms with Crippen LogP contribution in [0, 0.1) is 0 Å². The summed E-state index contributed by atoms with van der Waals surface area (Å²) in [6.07, 6.45) is 8.94. The highest BCUT2D eigenvalue weighted by atomic mass is 32.2. The molecule has 1 saturated carbocycles. The van der Waals surface area contributed by atoms with Crippen molar-refractivity contribution in [2.24, 2.45) is 4.99 Å². The van der Waals surface area contributed by atoms with Crippen molar-refractivity contribution in [3.63, 3.8) is 0 Å². The third-order valence-electron chi connectivity index (χ3n) is 5.09. The summed E-state index contributed by atoms with van der Waals surface area (Å²) in [6.45, 7) is 6.49. The molecule has 2 aliphatic rings. The number of rotatable bonds is 6. The normalized spacial score (nSPS) is 22.3. The van der Waals surface area contributed by atoms with Gasteiger partial charge in [-0.25, -0.2) is 13.1 Å². The summed E-state index contributed by atoms with van der Waals surface area (Å²) in [4.78, 5) is 6.94. The first kappa shape index (κ1) is 20.5. The van der Waals surface area contributed by atoms with E-state index in [1.54, 1.807) is 7.05 Å². The number of sulfonamides is 1. The Morgan fingerprint density at radius 3 is 2.28 bits per heavy atom. The minimum Gasteiger partial charge on any atom is -0.355 e. The van der Waals surface area contributed by atoms with Gasteiger partial charge in [-0.15, -0.1) is 0 Å². The van der Waals surface area contributed by atoms with Crippen molar-refractivity contribution in [1.29, 1.82) is 0 Å². The summed E-state index contributed by atoms with van der Waals surface area (Å²) in [5.41, 5.74) is -0.572. The molecule has 0 atom stereocenters. The number of nitrogens with one attached hydrogen (secondary N) is 3. The summed E-state index contributed by atoms with van der Waals surface area (Å²) >= 11 is 0. The highest BCUT2D eigenvalue weighted by molar-refractivity contribution is 7.88. The van der Waals surface area contributed by atoms with E-state index in [1.807, 2.05) is 13.8 Å². The van der Waals surface area contributed by atoms with Gasteiger partial charge in [-0.1, -0.05) is 12.8 Å². The molecule has 0 bridgehead atoms. The summed E-state index contributed by atoms with van der Waals surface area (Å²) in [6, 6.07) is 1.23. The zero-order chi connectivity index (χ0) is 18.5. The standard InChI is InChI=1S/C17H35N5O2S/c1-17(2,21-25(4,23)24)13-19-16(18-3)20-14-9-11-22(12-10-14)15-7-5-6-8-15/h14-15,21H,5-13H2,1-4H3,(H2,18,19,20). The summed E-state index contributed by atoms with van der Waals surface area (Å²) < 4.78 is 25.5. The van der Waals surface area contributed by atoms with Gasteiger partial charge in [0.15, 0.2) is 5.96 Å². The Morgan fingerprint density at radius 1 is 1.16 bits per heavy atom. The second-order valence-corrected chi connectivity index (χ2v) is 9.83. The van der Waals surface area contributed by atoms with E-state index < -0.39 is 15.6 Å². The van der Waals surface area contributed by atoms with Crippen molar-refractivity contribution in [2.75, 3.05) is 32.9 Å². The van der Waals surface area contributed by atoms with Crippen molar-refractivity contribution >= 4 is 16.0 Å². The molecule has 1 saturated heterocycles. The highest BCUT2D eigenvalue weighted by Crippen LogP contribution is 2.26. The van der Waals surface area contributed by atoms with E-state index in [1.165, 1.54) is 31.9 Å². The number of hydrogen-bond acceptors (Lipinski definition) is 4. The van der Waals surface area contributed by atoms with Crippen LogP contribution in [0.2, 0.25) is 0 Å². The highest BCUT2D eigenvalue weighted by Gasteiger charge is 2.28. The van der Waals surface area contributed by atoms with Crippen LogP contribution < -0.4 is 15.4 Å². The average molecular weight is 374 g/mol. The van der Waals surface area contributed by atoms with E-state index in [-0.39, 0.29) is 0 Å². The largest absolute Gasteiger partial charge is 0.355 e. The molecular formula is C17H35N5O2S. The molecule has 2 fully saturated rings. The van der Waals surface area contributed by atoms with Gasteiger partial charge in [0.25, 0.3) is 0 Å². The molecule has 7 nitrogen and oxygen atoms in total. The van der Waals surface area contributed by atoms with E-state index in [2.05, 4.69) is 25.2 Å². The lowest BCUT2D eigenvalue weighted by Gasteiger charge is -2.37. The second kappa shape index (κ2) is 8.68. The molecule has 146 valence electrons. The first-order valence-electron chi connectivity index (χ1n) is 9.39. The van der Waals surface area contributed by atoms with Crippen LogP contribution in [0.15, 0.2) is 4.99 Å². The molecule has 25 heavy (non-hydrogen) atoms. The fourth-order valence-corrected chi connectivity index (χ4v) is 4.98. The molecule has 0 aromatic rings. The molecule has 0 amide bonds. The Morgan fingerprint density at radius 2 is 1.76 bits per heavy atom. The number of hydrogen-bond donors (Lipinski definition) is 3. The maximum atomic E-state index is 11.4. The Balaban J connectivity index is 1.75. The van der Waals surface area contributed by atoms with E-state index >= 15 is 0 Å². The van der Waals surface area contributed by atoms with Crippen LogP contribution >= 0.6 is 0 Å². The minimum atomic E-state index is -3.23. The molecule has 0 unspecified atom stereocenters. The van der Waals surface area contributed by atoms with Crippen LogP contribution in [-0.2, 0) is 10.0 Å². The van der Waals surface area contributed by atoms with Crippen LogP contribution in [0.5, 0.6) is 0 Å². The lowest BCUT2D eigenvalue weighted by atomic mass is 10.0. The summed E-state index contributed by atoms with van der Waals surface area (Å²) in [5.74, 6) is 0.739. The van der Waals surface area contributed by atoms with Crippen LogP contribution in [0.3, 0.4) is 0 Å². The van der Waals surface area contributed by atoms with Gasteiger partial charge < -0.3 is 15.5 Å². The van der Waals surface area contributed by atoms with E-state index in [4.69, 9.17) is 0 Å². The molecule has 1 aliphatic heterocycles. The van der Waals surface area contributed by atoms with E-state index in [9.17, 15) is 8.42 Å². The topological polar surface area (TPSA) is 85.8 Å². The van der Waals surface area contributed by atoms with Gasteiger partial charge in [0, 0.05) is 44.3 Å². The zero-order valence-electron chi connectivity index (χ0n) is 16.1. The molecule has 3 N–H and O–H groups in total. The molecule has 1 aliphatic carbocycles. The molecular weight excluding hydrogens is 338 g/mol. The molecule has 1 heterocycles. The van der Waals surface area contributed by atoms with Gasteiger partial charge in [0.1, 0.15) is 0 Å². The number of likely N-dealkylation sites (tertiary alicyclic amines) is 1. The fourth-order valence-electron chi connectivity index (χ4n) is 3.91. The lowest BCUT2D eigenvalue weighted by molar-refractivity contribution is 0.150. The van der Waals surface area contributed by atoms with E-state index in [0.29, 0.717) is 12.6 Å². The average Bonchev–Trinajstić information content (AvgIpc) is 3.04. The zero-order valence-corrected chi connectivity index (χ0v) is 17.0. The molecule has 0 aromatic heterocycles. The first-order valence-corrected chi connectivity index (χ1v) is 11.3. The van der Waals surface area contributed by atoms with E-state index in [0.717, 1.165) is 37.9 Å². The Bertz CT molecular complexity index is 547. The maximum absolute atomic E-state index is 11.4. The minimum absolute atomic E-state index is 0.426. The van der Waals surface area contributed by atoms with Gasteiger partial charge in [0.05, 0.1) is 6.26 Å². The maximum Gasteiger partial charge on any atom is 0.209 e. The Labute approximate surface area is 153 Å². The van der Waals surface area contributed by atoms with Crippen LogP contribution in [0.25, 0.3) is 0 Å². The molecule has 0 spiro atoms. The number of aliphatic imine (C=N–C) groups is 1. The predicted octanol–water partition coefficient (Wildman–Crippen LogP) is 0.886.